The Bertz CT molecular complexity index is 943. The second-order valence-corrected chi connectivity index (χ2v) is 5.19. The average Bonchev–Trinajstić information content (AvgIpc) is 2.61. The molecule has 0 radical (unpaired) electrons. The summed E-state index contributed by atoms with van der Waals surface area (Å²) in [4.78, 5) is 42.8. The molecule has 1 N–H and O–H groups in total. The van der Waals surface area contributed by atoms with Crippen molar-refractivity contribution >= 4 is 28.7 Å². The predicted molar refractivity (Wildman–Crippen MR) is 91.7 cm³/mol. The molecule has 0 spiro atoms. The van der Waals surface area contributed by atoms with E-state index < -0.39 is 44.2 Å². The van der Waals surface area contributed by atoms with Crippen LogP contribution in [0.2, 0.25) is 0 Å². The Morgan fingerprint density at radius 1 is 0.963 bits per heavy atom. The highest BCUT2D eigenvalue weighted by atomic mass is 16.6. The van der Waals surface area contributed by atoms with Gasteiger partial charge >= 0.3 is 0 Å². The van der Waals surface area contributed by atoms with Crippen LogP contribution in [0.25, 0.3) is 0 Å². The highest BCUT2D eigenvalue weighted by Gasteiger charge is 2.23. The van der Waals surface area contributed by atoms with Gasteiger partial charge in [0, 0.05) is 11.6 Å². The molecule has 0 aliphatic heterocycles. The van der Waals surface area contributed by atoms with Crippen LogP contribution in [0.4, 0.5) is 22.7 Å². The second-order valence-electron chi connectivity index (χ2n) is 5.19. The van der Waals surface area contributed by atoms with Crippen molar-refractivity contribution in [1.82, 2.24) is 0 Å². The summed E-state index contributed by atoms with van der Waals surface area (Å²) in [6.45, 7) is 0. The first-order valence-electron chi connectivity index (χ1n) is 7.27. The lowest BCUT2D eigenvalue weighted by Crippen LogP contribution is -2.16. The molecule has 2 aromatic carbocycles. The summed E-state index contributed by atoms with van der Waals surface area (Å²) in [5.41, 5.74) is -1.68. The van der Waals surface area contributed by atoms with Gasteiger partial charge in [-0.3, -0.25) is 35.1 Å². The zero-order chi connectivity index (χ0) is 20.1. The highest BCUT2D eigenvalue weighted by molar-refractivity contribution is 5.95. The van der Waals surface area contributed by atoms with E-state index in [-0.39, 0.29) is 17.0 Å². The molecule has 0 aliphatic carbocycles. The molecule has 0 bridgehead atoms. The van der Waals surface area contributed by atoms with Crippen LogP contribution >= 0.6 is 0 Å². The van der Waals surface area contributed by atoms with Gasteiger partial charge in [0.1, 0.15) is 11.4 Å². The second kappa shape index (κ2) is 7.86. The van der Waals surface area contributed by atoms with Crippen molar-refractivity contribution in [2.24, 2.45) is 0 Å². The van der Waals surface area contributed by atoms with Gasteiger partial charge in [0.05, 0.1) is 40.4 Å². The van der Waals surface area contributed by atoms with E-state index in [1.54, 1.807) is 0 Å². The minimum atomic E-state index is -0.842. The van der Waals surface area contributed by atoms with Crippen molar-refractivity contribution in [1.29, 1.82) is 0 Å². The van der Waals surface area contributed by atoms with E-state index in [4.69, 9.17) is 4.74 Å². The number of methoxy groups -OCH3 is 1. The van der Waals surface area contributed by atoms with Crippen LogP contribution < -0.4 is 10.1 Å². The van der Waals surface area contributed by atoms with E-state index in [0.29, 0.717) is 0 Å². The van der Waals surface area contributed by atoms with Crippen LogP contribution in [0.3, 0.4) is 0 Å². The summed E-state index contributed by atoms with van der Waals surface area (Å²) in [7, 11) is 1.32. The number of carbonyl (C=O) groups excluding carboxylic acids is 1. The van der Waals surface area contributed by atoms with Crippen molar-refractivity contribution in [2.75, 3.05) is 12.4 Å². The van der Waals surface area contributed by atoms with Gasteiger partial charge in [0.15, 0.2) is 0 Å². The van der Waals surface area contributed by atoms with E-state index in [9.17, 15) is 35.1 Å². The number of ether oxygens (including phenoxy) is 1. The van der Waals surface area contributed by atoms with E-state index in [1.165, 1.54) is 19.2 Å². The molecule has 0 saturated heterocycles. The number of anilines is 1. The molecule has 0 aromatic heterocycles. The number of hydrogen-bond acceptors (Lipinski definition) is 8. The first-order valence-corrected chi connectivity index (χ1v) is 7.27. The number of non-ortho nitro benzene ring substituents is 1. The number of nitro benzene ring substituents is 3. The molecule has 1 amide bonds. The number of hydrogen-bond donors (Lipinski definition) is 1. The van der Waals surface area contributed by atoms with E-state index >= 15 is 0 Å². The normalized spacial score (nSPS) is 10.1. The Balaban J connectivity index is 2.27. The number of carbonyl (C=O) groups is 1. The fourth-order valence-electron chi connectivity index (χ4n) is 2.25. The van der Waals surface area contributed by atoms with Gasteiger partial charge in [-0.25, -0.2) is 0 Å². The first-order chi connectivity index (χ1) is 12.7. The van der Waals surface area contributed by atoms with Crippen molar-refractivity contribution in [2.45, 2.75) is 6.42 Å². The van der Waals surface area contributed by atoms with Gasteiger partial charge in [-0.05, 0) is 18.2 Å². The maximum Gasteiger partial charge on any atom is 0.296 e. The van der Waals surface area contributed by atoms with Crippen LogP contribution in [0.15, 0.2) is 36.4 Å². The van der Waals surface area contributed by atoms with E-state index in [1.807, 2.05) is 0 Å². The molecule has 0 atom stereocenters. The molecular formula is C15H12N4O8. The maximum absolute atomic E-state index is 12.2. The van der Waals surface area contributed by atoms with Gasteiger partial charge in [0.2, 0.25) is 5.91 Å². The molecule has 0 saturated carbocycles. The van der Waals surface area contributed by atoms with Gasteiger partial charge in [-0.1, -0.05) is 0 Å². The smallest absolute Gasteiger partial charge is 0.296 e. The molecule has 0 aliphatic rings. The highest BCUT2D eigenvalue weighted by Crippen LogP contribution is 2.30. The summed E-state index contributed by atoms with van der Waals surface area (Å²) < 4.78 is 4.89. The minimum absolute atomic E-state index is 0.0701. The fraction of sp³-hybridized carbons (Fsp3) is 0.133. The fourth-order valence-corrected chi connectivity index (χ4v) is 2.25. The van der Waals surface area contributed by atoms with Crippen LogP contribution in [-0.2, 0) is 11.2 Å². The van der Waals surface area contributed by atoms with Crippen LogP contribution in [0, 0.1) is 30.3 Å². The van der Waals surface area contributed by atoms with Gasteiger partial charge in [-0.15, -0.1) is 0 Å². The number of nitrogens with one attached hydrogen (secondary N) is 1. The molecule has 12 heteroatoms. The Kier molecular flexibility index (Phi) is 5.60. The summed E-state index contributed by atoms with van der Waals surface area (Å²) in [5, 5.41) is 35.3. The third kappa shape index (κ3) is 4.50. The number of benzene rings is 2. The molecular weight excluding hydrogens is 364 g/mol. The van der Waals surface area contributed by atoms with Crippen LogP contribution in [0.1, 0.15) is 5.56 Å². The third-order valence-electron chi connectivity index (χ3n) is 3.50. The third-order valence-corrected chi connectivity index (χ3v) is 3.50. The lowest BCUT2D eigenvalue weighted by atomic mass is 10.1. The minimum Gasteiger partial charge on any atom is -0.496 e. The monoisotopic (exact) mass is 376 g/mol. The lowest BCUT2D eigenvalue weighted by molar-refractivity contribution is -0.394. The van der Waals surface area contributed by atoms with Crippen molar-refractivity contribution < 1.29 is 24.3 Å². The summed E-state index contributed by atoms with van der Waals surface area (Å²) >= 11 is 0. The molecule has 27 heavy (non-hydrogen) atoms. The SMILES string of the molecule is COc1ccc(NC(=O)Cc2ccc([N+](=O)[O-])cc2[N+](=O)[O-])c([N+](=O)[O-])c1. The Morgan fingerprint density at radius 3 is 2.19 bits per heavy atom. The van der Waals surface area contributed by atoms with Crippen molar-refractivity contribution in [3.05, 3.63) is 72.3 Å². The predicted octanol–water partition coefficient (Wildman–Crippen LogP) is 2.60. The summed E-state index contributed by atoms with van der Waals surface area (Å²) in [5.74, 6) is -0.550. The zero-order valence-corrected chi connectivity index (χ0v) is 13.8. The quantitative estimate of drug-likeness (QED) is 0.568. The zero-order valence-electron chi connectivity index (χ0n) is 13.8. The number of rotatable bonds is 7. The Morgan fingerprint density at radius 2 is 1.63 bits per heavy atom. The largest absolute Gasteiger partial charge is 0.496 e. The van der Waals surface area contributed by atoms with Gasteiger partial charge in [-0.2, -0.15) is 0 Å². The first kappa shape index (κ1) is 19.2. The molecule has 12 nitrogen and oxygen atoms in total. The Labute approximate surface area is 150 Å². The summed E-state index contributed by atoms with van der Waals surface area (Å²) in [6.07, 6.45) is -0.502. The average molecular weight is 376 g/mol. The molecule has 140 valence electrons. The molecule has 0 fully saturated rings. The molecule has 2 rings (SSSR count). The topological polar surface area (TPSA) is 168 Å². The molecule has 2 aromatic rings. The van der Waals surface area contributed by atoms with Crippen LogP contribution in [-0.4, -0.2) is 27.8 Å². The number of amides is 1. The molecule has 0 heterocycles. The Hall–Kier alpha value is -4.09. The van der Waals surface area contributed by atoms with E-state index in [0.717, 1.165) is 24.3 Å². The number of nitro groups is 3. The lowest BCUT2D eigenvalue weighted by Gasteiger charge is -2.08. The maximum atomic E-state index is 12.2. The number of nitrogens with zero attached hydrogens (tertiary/aromatic N) is 3. The van der Waals surface area contributed by atoms with E-state index in [2.05, 4.69) is 5.32 Å². The summed E-state index contributed by atoms with van der Waals surface area (Å²) in [6, 6.07) is 6.65. The van der Waals surface area contributed by atoms with Crippen molar-refractivity contribution in [3.63, 3.8) is 0 Å². The van der Waals surface area contributed by atoms with Gasteiger partial charge < -0.3 is 10.1 Å². The van der Waals surface area contributed by atoms with Crippen LogP contribution in [0.5, 0.6) is 5.75 Å². The van der Waals surface area contributed by atoms with Crippen molar-refractivity contribution in [3.8, 4) is 5.75 Å². The standard InChI is InChI=1S/C15H12N4O8/c1-27-11-4-5-12(14(8-11)19(25)26)16-15(20)6-9-2-3-10(17(21)22)7-13(9)18(23)24/h2-5,7-8H,6H2,1H3,(H,16,20). The van der Waals surface area contributed by atoms with Gasteiger partial charge in [0.25, 0.3) is 17.1 Å². The molecule has 0 unspecified atom stereocenters.